The van der Waals surface area contributed by atoms with Crippen LogP contribution in [0.2, 0.25) is 0 Å². The summed E-state index contributed by atoms with van der Waals surface area (Å²) >= 11 is 0. The van der Waals surface area contributed by atoms with Gasteiger partial charge in [-0.15, -0.1) is 0 Å². The van der Waals surface area contributed by atoms with Gasteiger partial charge in [0.15, 0.2) is 5.82 Å². The monoisotopic (exact) mass is 791 g/mol. The Morgan fingerprint density at radius 1 is 0.387 bits per heavy atom. The third-order valence-electron chi connectivity index (χ3n) is 12.0. The van der Waals surface area contributed by atoms with Crippen LogP contribution in [-0.2, 0) is 0 Å². The SMILES string of the molecule is c1ccc(-c2cc(-c3cccc4c3c3ccccc3n4-c3ccccc3)nc(-c3ccc(-c4nn5c(-c6ccccc6)cc6ccccc6c5c4-c4ccccc4)cc3)n2)cc1. The van der Waals surface area contributed by atoms with Crippen molar-refractivity contribution in [3.05, 3.63) is 224 Å². The van der Waals surface area contributed by atoms with Gasteiger partial charge in [0, 0.05) is 55.2 Å². The van der Waals surface area contributed by atoms with E-state index in [1.165, 1.54) is 10.8 Å². The van der Waals surface area contributed by atoms with Crippen molar-refractivity contribution in [2.75, 3.05) is 0 Å². The number of para-hydroxylation sites is 2. The first-order valence-electron chi connectivity index (χ1n) is 21.0. The number of fused-ring (bicyclic) bond motifs is 6. The van der Waals surface area contributed by atoms with Gasteiger partial charge in [-0.3, -0.25) is 0 Å². The van der Waals surface area contributed by atoms with Crippen molar-refractivity contribution in [1.29, 1.82) is 0 Å². The minimum Gasteiger partial charge on any atom is -0.309 e. The van der Waals surface area contributed by atoms with E-state index in [0.717, 1.165) is 94.7 Å². The van der Waals surface area contributed by atoms with Gasteiger partial charge in [0.1, 0.15) is 5.69 Å². The summed E-state index contributed by atoms with van der Waals surface area (Å²) in [6.07, 6.45) is 0. The molecule has 0 aliphatic carbocycles. The molecule has 4 aromatic heterocycles. The molecule has 0 radical (unpaired) electrons. The van der Waals surface area contributed by atoms with E-state index in [2.05, 4.69) is 227 Å². The van der Waals surface area contributed by atoms with Gasteiger partial charge in [0.05, 0.1) is 33.6 Å². The Labute approximate surface area is 358 Å². The fraction of sp³-hybridized carbons (Fsp3) is 0. The molecule has 0 aliphatic heterocycles. The van der Waals surface area contributed by atoms with Crippen LogP contribution in [0.25, 0.3) is 111 Å². The molecule has 0 aliphatic rings. The molecular formula is C57H37N5. The summed E-state index contributed by atoms with van der Waals surface area (Å²) in [6, 6.07) is 78.9. The van der Waals surface area contributed by atoms with Crippen LogP contribution in [0, 0.1) is 0 Å². The first-order chi connectivity index (χ1) is 30.8. The molecule has 0 N–H and O–H groups in total. The van der Waals surface area contributed by atoms with Crippen molar-refractivity contribution in [3.8, 4) is 73.2 Å². The molecule has 0 unspecified atom stereocenters. The highest BCUT2D eigenvalue weighted by molar-refractivity contribution is 6.15. The Morgan fingerprint density at radius 3 is 1.71 bits per heavy atom. The molecule has 290 valence electrons. The van der Waals surface area contributed by atoms with Crippen molar-refractivity contribution in [1.82, 2.24) is 24.1 Å². The Kier molecular flexibility index (Phi) is 8.42. The lowest BCUT2D eigenvalue weighted by Crippen LogP contribution is -1.97. The van der Waals surface area contributed by atoms with E-state index >= 15 is 0 Å². The lowest BCUT2D eigenvalue weighted by molar-refractivity contribution is 0.979. The van der Waals surface area contributed by atoms with Crippen LogP contribution in [0.3, 0.4) is 0 Å². The number of aromatic nitrogens is 5. The zero-order chi connectivity index (χ0) is 41.0. The molecule has 0 saturated carbocycles. The molecule has 5 heteroatoms. The highest BCUT2D eigenvalue weighted by atomic mass is 15.2. The van der Waals surface area contributed by atoms with E-state index in [1.807, 2.05) is 6.07 Å². The van der Waals surface area contributed by atoms with E-state index in [1.54, 1.807) is 0 Å². The zero-order valence-electron chi connectivity index (χ0n) is 33.6. The van der Waals surface area contributed by atoms with E-state index in [4.69, 9.17) is 15.1 Å². The first kappa shape index (κ1) is 35.5. The van der Waals surface area contributed by atoms with Crippen LogP contribution in [0.1, 0.15) is 0 Å². The lowest BCUT2D eigenvalue weighted by Gasteiger charge is -2.12. The summed E-state index contributed by atoms with van der Waals surface area (Å²) in [4.78, 5) is 10.6. The van der Waals surface area contributed by atoms with Gasteiger partial charge >= 0.3 is 0 Å². The first-order valence-corrected chi connectivity index (χ1v) is 21.0. The predicted molar refractivity (Wildman–Crippen MR) is 255 cm³/mol. The van der Waals surface area contributed by atoms with E-state index in [9.17, 15) is 0 Å². The van der Waals surface area contributed by atoms with Crippen molar-refractivity contribution in [2.24, 2.45) is 0 Å². The zero-order valence-corrected chi connectivity index (χ0v) is 33.6. The van der Waals surface area contributed by atoms with Crippen molar-refractivity contribution >= 4 is 38.1 Å². The molecule has 4 heterocycles. The van der Waals surface area contributed by atoms with Gasteiger partial charge in [-0.2, -0.15) is 5.10 Å². The van der Waals surface area contributed by atoms with Gasteiger partial charge in [-0.05, 0) is 47.3 Å². The maximum absolute atomic E-state index is 5.46. The van der Waals surface area contributed by atoms with Crippen LogP contribution in [0.4, 0.5) is 0 Å². The minimum atomic E-state index is 0.660. The van der Waals surface area contributed by atoms with Crippen molar-refractivity contribution < 1.29 is 0 Å². The van der Waals surface area contributed by atoms with Gasteiger partial charge in [0.2, 0.25) is 0 Å². The normalized spacial score (nSPS) is 11.5. The Morgan fingerprint density at radius 2 is 0.968 bits per heavy atom. The third-order valence-corrected chi connectivity index (χ3v) is 12.0. The summed E-state index contributed by atoms with van der Waals surface area (Å²) in [5.74, 6) is 0.660. The Hall–Kier alpha value is -8.41. The fourth-order valence-electron chi connectivity index (χ4n) is 9.12. The maximum atomic E-state index is 5.46. The number of hydrogen-bond acceptors (Lipinski definition) is 3. The Bertz CT molecular complexity index is 3590. The largest absolute Gasteiger partial charge is 0.309 e. The van der Waals surface area contributed by atoms with Gasteiger partial charge in [-0.25, -0.2) is 14.5 Å². The van der Waals surface area contributed by atoms with E-state index in [-0.39, 0.29) is 0 Å². The second-order valence-corrected chi connectivity index (χ2v) is 15.6. The van der Waals surface area contributed by atoms with Crippen LogP contribution < -0.4 is 0 Å². The molecule has 12 rings (SSSR count). The molecule has 0 bridgehead atoms. The molecule has 0 amide bonds. The van der Waals surface area contributed by atoms with Gasteiger partial charge < -0.3 is 4.57 Å². The average molecular weight is 792 g/mol. The number of benzene rings is 8. The molecular weight excluding hydrogens is 755 g/mol. The molecule has 62 heavy (non-hydrogen) atoms. The smallest absolute Gasteiger partial charge is 0.160 e. The van der Waals surface area contributed by atoms with Gasteiger partial charge in [-0.1, -0.05) is 188 Å². The third kappa shape index (κ3) is 5.90. The molecule has 5 nitrogen and oxygen atoms in total. The molecule has 0 saturated heterocycles. The molecule has 0 fully saturated rings. The highest BCUT2D eigenvalue weighted by Gasteiger charge is 2.23. The lowest BCUT2D eigenvalue weighted by atomic mass is 9.96. The van der Waals surface area contributed by atoms with Gasteiger partial charge in [0.25, 0.3) is 0 Å². The number of nitrogens with zero attached hydrogens (tertiary/aromatic N) is 5. The summed E-state index contributed by atoms with van der Waals surface area (Å²) in [5, 5.41) is 10.1. The minimum absolute atomic E-state index is 0.660. The van der Waals surface area contributed by atoms with Crippen molar-refractivity contribution in [3.63, 3.8) is 0 Å². The predicted octanol–water partition coefficient (Wildman–Crippen LogP) is 14.4. The second-order valence-electron chi connectivity index (χ2n) is 15.6. The van der Waals surface area contributed by atoms with Crippen LogP contribution in [0.15, 0.2) is 224 Å². The second kappa shape index (κ2) is 14.7. The quantitative estimate of drug-likeness (QED) is 0.162. The molecule has 8 aromatic carbocycles. The maximum Gasteiger partial charge on any atom is 0.160 e. The molecule has 12 aromatic rings. The van der Waals surface area contributed by atoms with Crippen LogP contribution in [0.5, 0.6) is 0 Å². The standard InChI is InChI=1S/C57H37N5/c1-5-18-38(19-6-1)48-37-49(46-29-17-31-51-54(46)47-28-15-16-30-50(47)61(51)44-25-11-4-12-26-44)59-57(58-48)42-34-32-41(33-35-42)55-53(40-22-9-3-10-23-40)56-45-27-14-13-24-43(45)36-52(62(56)60-55)39-20-7-2-8-21-39/h1-37H. The summed E-state index contributed by atoms with van der Waals surface area (Å²) in [5.41, 5.74) is 15.5. The number of pyridine rings is 1. The van der Waals surface area contributed by atoms with E-state index in [0.29, 0.717) is 5.82 Å². The van der Waals surface area contributed by atoms with Crippen LogP contribution in [-0.4, -0.2) is 24.1 Å². The summed E-state index contributed by atoms with van der Waals surface area (Å²) in [6.45, 7) is 0. The topological polar surface area (TPSA) is 48.0 Å². The molecule has 0 atom stereocenters. The highest BCUT2D eigenvalue weighted by Crippen LogP contribution is 2.42. The van der Waals surface area contributed by atoms with E-state index < -0.39 is 0 Å². The van der Waals surface area contributed by atoms with Crippen LogP contribution >= 0.6 is 0 Å². The summed E-state index contributed by atoms with van der Waals surface area (Å²) in [7, 11) is 0. The average Bonchev–Trinajstić information content (AvgIpc) is 3.92. The number of hydrogen-bond donors (Lipinski definition) is 0. The molecule has 0 spiro atoms. The fourth-order valence-corrected chi connectivity index (χ4v) is 9.12. The van der Waals surface area contributed by atoms with Crippen molar-refractivity contribution in [2.45, 2.75) is 0 Å². The summed E-state index contributed by atoms with van der Waals surface area (Å²) < 4.78 is 4.49. The number of rotatable bonds is 7. The Balaban J connectivity index is 1.05.